The first-order chi connectivity index (χ1) is 19.5. The number of benzene rings is 4. The Bertz CT molecular complexity index is 1410. The lowest BCUT2D eigenvalue weighted by Crippen LogP contribution is -2.47. The van der Waals surface area contributed by atoms with Crippen molar-refractivity contribution in [2.75, 3.05) is 33.4 Å². The molecule has 0 spiro atoms. The molecular weight excluding hydrogens is 502 g/mol. The summed E-state index contributed by atoms with van der Waals surface area (Å²) >= 11 is 0. The molecule has 3 unspecified atom stereocenters. The van der Waals surface area contributed by atoms with Crippen molar-refractivity contribution < 1.29 is 23.7 Å². The third-order valence-electron chi connectivity index (χ3n) is 7.69. The minimum absolute atomic E-state index is 0.0530. The monoisotopic (exact) mass is 539 g/mol. The van der Waals surface area contributed by atoms with Crippen LogP contribution in [-0.4, -0.2) is 50.3 Å². The molecule has 0 radical (unpaired) electrons. The molecule has 0 aliphatic carbocycles. The maximum atomic E-state index is 12.9. The van der Waals surface area contributed by atoms with E-state index in [0.717, 1.165) is 45.5 Å². The number of carbonyl (C=O) groups excluding carboxylic acids is 1. The minimum atomic E-state index is -0.344. The van der Waals surface area contributed by atoms with E-state index in [9.17, 15) is 4.79 Å². The van der Waals surface area contributed by atoms with Crippen LogP contribution in [0, 0.1) is 0 Å². The molecule has 6 nitrogen and oxygen atoms in total. The van der Waals surface area contributed by atoms with Gasteiger partial charge >= 0.3 is 5.97 Å². The Balaban J connectivity index is 1.12. The molecule has 1 heterocycles. The van der Waals surface area contributed by atoms with Crippen molar-refractivity contribution in [3.8, 4) is 11.5 Å². The third-order valence-corrected chi connectivity index (χ3v) is 7.69. The van der Waals surface area contributed by atoms with Crippen molar-refractivity contribution in [2.24, 2.45) is 0 Å². The van der Waals surface area contributed by atoms with E-state index in [2.05, 4.69) is 36.1 Å². The lowest BCUT2D eigenvalue weighted by Gasteiger charge is -2.39. The SMILES string of the molecule is COc1ccc2cc(C(C)C(=O)OCCN3CCOC(c4ccc(OCc5ccccc5)cc4)C3C)ccc2c1. The zero-order valence-electron chi connectivity index (χ0n) is 23.4. The van der Waals surface area contributed by atoms with E-state index in [-0.39, 0.29) is 24.0 Å². The van der Waals surface area contributed by atoms with E-state index >= 15 is 0 Å². The number of rotatable bonds is 10. The highest BCUT2D eigenvalue weighted by molar-refractivity contribution is 5.86. The van der Waals surface area contributed by atoms with Crippen molar-refractivity contribution in [1.82, 2.24) is 4.90 Å². The molecule has 0 aromatic heterocycles. The number of esters is 1. The van der Waals surface area contributed by atoms with Crippen LogP contribution in [0.25, 0.3) is 10.8 Å². The van der Waals surface area contributed by atoms with Gasteiger partial charge in [-0.2, -0.15) is 0 Å². The molecule has 1 fully saturated rings. The first-order valence-electron chi connectivity index (χ1n) is 13.9. The maximum absolute atomic E-state index is 12.9. The summed E-state index contributed by atoms with van der Waals surface area (Å²) in [6, 6.07) is 30.4. The van der Waals surface area contributed by atoms with Crippen molar-refractivity contribution in [3.05, 3.63) is 108 Å². The van der Waals surface area contributed by atoms with Gasteiger partial charge in [-0.25, -0.2) is 0 Å². The maximum Gasteiger partial charge on any atom is 0.313 e. The summed E-state index contributed by atoms with van der Waals surface area (Å²) in [5, 5.41) is 2.15. The van der Waals surface area contributed by atoms with Gasteiger partial charge in [-0.15, -0.1) is 0 Å². The molecule has 3 atom stereocenters. The fourth-order valence-electron chi connectivity index (χ4n) is 5.18. The predicted molar refractivity (Wildman–Crippen MR) is 157 cm³/mol. The zero-order valence-corrected chi connectivity index (χ0v) is 23.4. The molecular formula is C34H37NO5. The number of nitrogens with zero attached hydrogens (tertiary/aromatic N) is 1. The quantitative estimate of drug-likeness (QED) is 0.214. The van der Waals surface area contributed by atoms with Crippen LogP contribution in [-0.2, 0) is 20.9 Å². The Hall–Kier alpha value is -3.87. The van der Waals surface area contributed by atoms with E-state index in [0.29, 0.717) is 26.4 Å². The predicted octanol–water partition coefficient (Wildman–Crippen LogP) is 6.54. The molecule has 1 aliphatic rings. The van der Waals surface area contributed by atoms with Crippen molar-refractivity contribution in [3.63, 3.8) is 0 Å². The van der Waals surface area contributed by atoms with E-state index in [1.54, 1.807) is 7.11 Å². The highest BCUT2D eigenvalue weighted by atomic mass is 16.5. The van der Waals surface area contributed by atoms with E-state index < -0.39 is 0 Å². The molecule has 4 aromatic rings. The molecule has 5 rings (SSSR count). The molecule has 40 heavy (non-hydrogen) atoms. The average molecular weight is 540 g/mol. The molecule has 1 aliphatic heterocycles. The number of carbonyl (C=O) groups is 1. The van der Waals surface area contributed by atoms with Crippen LogP contribution in [0.15, 0.2) is 91.0 Å². The first-order valence-corrected chi connectivity index (χ1v) is 13.9. The van der Waals surface area contributed by atoms with E-state index in [4.69, 9.17) is 18.9 Å². The molecule has 0 amide bonds. The molecule has 6 heteroatoms. The van der Waals surface area contributed by atoms with Gasteiger partial charge in [-0.1, -0.05) is 66.7 Å². The average Bonchev–Trinajstić information content (AvgIpc) is 3.00. The second-order valence-corrected chi connectivity index (χ2v) is 10.3. The lowest BCUT2D eigenvalue weighted by molar-refractivity contribution is -0.146. The lowest BCUT2D eigenvalue weighted by atomic mass is 9.98. The van der Waals surface area contributed by atoms with Gasteiger partial charge in [-0.05, 0) is 65.6 Å². The Labute approximate surface area is 236 Å². The molecule has 0 N–H and O–H groups in total. The van der Waals surface area contributed by atoms with Gasteiger partial charge < -0.3 is 18.9 Å². The fraction of sp³-hybridized carbons (Fsp3) is 0.324. The van der Waals surface area contributed by atoms with Crippen LogP contribution in [0.4, 0.5) is 0 Å². The standard InChI is InChI=1S/C34H37NO5/c1-24(28-9-10-30-22-32(37-3)16-13-29(30)21-28)34(36)39-20-18-35-17-19-38-33(25(35)2)27-11-14-31(15-12-27)40-23-26-7-5-4-6-8-26/h4-16,21-22,24-25,33H,17-20,23H2,1-3H3. The summed E-state index contributed by atoms with van der Waals surface area (Å²) in [7, 11) is 1.66. The second kappa shape index (κ2) is 13.0. The molecule has 4 aromatic carbocycles. The Kier molecular flexibility index (Phi) is 8.99. The molecule has 0 saturated carbocycles. The summed E-state index contributed by atoms with van der Waals surface area (Å²) in [6.45, 7) is 7.04. The van der Waals surface area contributed by atoms with Gasteiger partial charge in [0.2, 0.25) is 0 Å². The van der Waals surface area contributed by atoms with Crippen LogP contribution in [0.3, 0.4) is 0 Å². The number of hydrogen-bond donors (Lipinski definition) is 0. The van der Waals surface area contributed by atoms with Crippen LogP contribution < -0.4 is 9.47 Å². The normalized spacial score (nSPS) is 18.3. The van der Waals surface area contributed by atoms with Crippen LogP contribution in [0.5, 0.6) is 11.5 Å². The smallest absolute Gasteiger partial charge is 0.313 e. The van der Waals surface area contributed by atoms with Gasteiger partial charge in [0.15, 0.2) is 0 Å². The van der Waals surface area contributed by atoms with Crippen molar-refractivity contribution >= 4 is 16.7 Å². The number of hydrogen-bond acceptors (Lipinski definition) is 6. The van der Waals surface area contributed by atoms with Crippen LogP contribution >= 0.6 is 0 Å². The van der Waals surface area contributed by atoms with Gasteiger partial charge in [0.1, 0.15) is 24.7 Å². The Morgan fingerprint density at radius 2 is 1.68 bits per heavy atom. The number of fused-ring (bicyclic) bond motifs is 1. The summed E-state index contributed by atoms with van der Waals surface area (Å²) in [5.74, 6) is 1.10. The molecule has 208 valence electrons. The number of ether oxygens (including phenoxy) is 4. The summed E-state index contributed by atoms with van der Waals surface area (Å²) in [4.78, 5) is 15.2. The highest BCUT2D eigenvalue weighted by Crippen LogP contribution is 2.30. The topological polar surface area (TPSA) is 57.2 Å². The fourth-order valence-corrected chi connectivity index (χ4v) is 5.18. The van der Waals surface area contributed by atoms with Crippen LogP contribution in [0.1, 0.15) is 42.6 Å². The van der Waals surface area contributed by atoms with Crippen LogP contribution in [0.2, 0.25) is 0 Å². The number of methoxy groups -OCH3 is 1. The van der Waals surface area contributed by atoms with Gasteiger partial charge in [0.05, 0.1) is 25.7 Å². The van der Waals surface area contributed by atoms with Crippen molar-refractivity contribution in [1.29, 1.82) is 0 Å². The summed E-state index contributed by atoms with van der Waals surface area (Å²) < 4.78 is 23.1. The summed E-state index contributed by atoms with van der Waals surface area (Å²) in [6.07, 6.45) is -0.0530. The largest absolute Gasteiger partial charge is 0.497 e. The second-order valence-electron chi connectivity index (χ2n) is 10.3. The van der Waals surface area contributed by atoms with Gasteiger partial charge in [-0.3, -0.25) is 9.69 Å². The van der Waals surface area contributed by atoms with Crippen molar-refractivity contribution in [2.45, 2.75) is 38.5 Å². The Morgan fingerprint density at radius 1 is 0.950 bits per heavy atom. The van der Waals surface area contributed by atoms with Gasteiger partial charge in [0, 0.05) is 19.1 Å². The molecule has 1 saturated heterocycles. The van der Waals surface area contributed by atoms with Gasteiger partial charge in [0.25, 0.3) is 0 Å². The summed E-state index contributed by atoms with van der Waals surface area (Å²) in [5.41, 5.74) is 3.20. The third kappa shape index (κ3) is 6.64. The number of morpholine rings is 1. The van der Waals surface area contributed by atoms with E-state index in [1.165, 1.54) is 0 Å². The van der Waals surface area contributed by atoms with E-state index in [1.807, 2.05) is 73.7 Å². The zero-order chi connectivity index (χ0) is 27.9. The minimum Gasteiger partial charge on any atom is -0.497 e. The highest BCUT2D eigenvalue weighted by Gasteiger charge is 2.30. The first kappa shape index (κ1) is 27.7. The Morgan fingerprint density at radius 3 is 2.45 bits per heavy atom. The molecule has 0 bridgehead atoms.